The SMILES string of the molecule is CCC(CC)N1c2nc(Nc3ccc(N4CCNCC4)cc3)ncc2C(C)(C)C1O. The third-order valence-electron chi connectivity index (χ3n) is 6.56. The van der Waals surface area contributed by atoms with Crippen LogP contribution in [0.5, 0.6) is 0 Å². The molecule has 2 aliphatic heterocycles. The van der Waals surface area contributed by atoms with Crippen LogP contribution in [0.2, 0.25) is 0 Å². The molecule has 0 aliphatic carbocycles. The second kappa shape index (κ2) is 8.40. The van der Waals surface area contributed by atoms with E-state index < -0.39 is 11.6 Å². The van der Waals surface area contributed by atoms with Crippen LogP contribution in [0.15, 0.2) is 30.5 Å². The van der Waals surface area contributed by atoms with Gasteiger partial charge in [0.25, 0.3) is 0 Å². The number of aromatic nitrogens is 2. The van der Waals surface area contributed by atoms with Gasteiger partial charge in [-0.3, -0.25) is 0 Å². The summed E-state index contributed by atoms with van der Waals surface area (Å²) in [5, 5.41) is 17.8. The number of aliphatic hydroxyl groups excluding tert-OH is 1. The summed E-state index contributed by atoms with van der Waals surface area (Å²) < 4.78 is 0. The molecule has 0 saturated carbocycles. The van der Waals surface area contributed by atoms with E-state index in [1.54, 1.807) is 0 Å². The maximum Gasteiger partial charge on any atom is 0.229 e. The summed E-state index contributed by atoms with van der Waals surface area (Å²) in [6.07, 6.45) is 3.19. The Labute approximate surface area is 179 Å². The molecule has 0 radical (unpaired) electrons. The van der Waals surface area contributed by atoms with Crippen LogP contribution in [0.3, 0.4) is 0 Å². The molecule has 0 amide bonds. The lowest BCUT2D eigenvalue weighted by molar-refractivity contribution is 0.0995. The Bertz CT molecular complexity index is 858. The van der Waals surface area contributed by atoms with Crippen molar-refractivity contribution in [2.24, 2.45) is 0 Å². The smallest absolute Gasteiger partial charge is 0.229 e. The second-order valence-electron chi connectivity index (χ2n) is 8.81. The molecule has 1 saturated heterocycles. The highest BCUT2D eigenvalue weighted by atomic mass is 16.3. The van der Waals surface area contributed by atoms with Crippen molar-refractivity contribution >= 4 is 23.1 Å². The Kier molecular flexibility index (Phi) is 5.84. The third-order valence-corrected chi connectivity index (χ3v) is 6.56. The number of aliphatic hydroxyl groups is 1. The fourth-order valence-corrected chi connectivity index (χ4v) is 4.55. The highest BCUT2D eigenvalue weighted by Gasteiger charge is 2.47. The first-order valence-electron chi connectivity index (χ1n) is 11.1. The predicted molar refractivity (Wildman–Crippen MR) is 123 cm³/mol. The summed E-state index contributed by atoms with van der Waals surface area (Å²) in [6, 6.07) is 8.69. The van der Waals surface area contributed by atoms with Gasteiger partial charge in [-0.2, -0.15) is 4.98 Å². The number of nitrogens with one attached hydrogen (secondary N) is 2. The molecule has 30 heavy (non-hydrogen) atoms. The van der Waals surface area contributed by atoms with Gasteiger partial charge in [0.15, 0.2) is 0 Å². The second-order valence-corrected chi connectivity index (χ2v) is 8.81. The lowest BCUT2D eigenvalue weighted by atomic mass is 9.87. The number of rotatable bonds is 6. The molecule has 1 unspecified atom stereocenters. The summed E-state index contributed by atoms with van der Waals surface area (Å²) in [6.45, 7) is 12.6. The Morgan fingerprint density at radius 1 is 1.17 bits per heavy atom. The molecule has 7 nitrogen and oxygen atoms in total. The van der Waals surface area contributed by atoms with E-state index in [0.29, 0.717) is 5.95 Å². The fraction of sp³-hybridized carbons (Fsp3) is 0.565. The largest absolute Gasteiger partial charge is 0.373 e. The highest BCUT2D eigenvalue weighted by Crippen LogP contribution is 2.45. The van der Waals surface area contributed by atoms with E-state index >= 15 is 0 Å². The minimum Gasteiger partial charge on any atom is -0.373 e. The summed E-state index contributed by atoms with van der Waals surface area (Å²) in [5.74, 6) is 1.40. The van der Waals surface area contributed by atoms with Crippen LogP contribution in [0.4, 0.5) is 23.1 Å². The van der Waals surface area contributed by atoms with Crippen molar-refractivity contribution in [2.75, 3.05) is 41.3 Å². The quantitative estimate of drug-likeness (QED) is 0.675. The van der Waals surface area contributed by atoms with E-state index in [4.69, 9.17) is 4.98 Å². The van der Waals surface area contributed by atoms with Gasteiger partial charge >= 0.3 is 0 Å². The molecule has 2 aromatic rings. The zero-order valence-electron chi connectivity index (χ0n) is 18.5. The molecule has 2 aliphatic rings. The molecule has 0 spiro atoms. The number of hydrogen-bond donors (Lipinski definition) is 3. The summed E-state index contributed by atoms with van der Waals surface area (Å²) in [5.41, 5.74) is 2.80. The van der Waals surface area contributed by atoms with Crippen molar-refractivity contribution in [1.82, 2.24) is 15.3 Å². The Balaban J connectivity index is 1.56. The molecular formula is C23H34N6O. The van der Waals surface area contributed by atoms with E-state index in [1.807, 2.05) is 6.20 Å². The van der Waals surface area contributed by atoms with Crippen molar-refractivity contribution in [2.45, 2.75) is 58.2 Å². The number of hydrogen-bond acceptors (Lipinski definition) is 7. The molecule has 0 bridgehead atoms. The molecule has 4 rings (SSSR count). The summed E-state index contributed by atoms with van der Waals surface area (Å²) in [7, 11) is 0. The summed E-state index contributed by atoms with van der Waals surface area (Å²) >= 11 is 0. The van der Waals surface area contributed by atoms with Gasteiger partial charge in [0.05, 0.1) is 0 Å². The Hall–Kier alpha value is -2.38. The van der Waals surface area contributed by atoms with Gasteiger partial charge in [-0.15, -0.1) is 0 Å². The average Bonchev–Trinajstić information content (AvgIpc) is 2.96. The van der Waals surface area contributed by atoms with Crippen molar-refractivity contribution in [3.05, 3.63) is 36.0 Å². The van der Waals surface area contributed by atoms with Crippen molar-refractivity contribution in [1.29, 1.82) is 0 Å². The molecule has 3 N–H and O–H groups in total. The number of nitrogens with zero attached hydrogens (tertiary/aromatic N) is 4. The monoisotopic (exact) mass is 410 g/mol. The van der Waals surface area contributed by atoms with Crippen LogP contribution >= 0.6 is 0 Å². The zero-order chi connectivity index (χ0) is 21.3. The number of benzene rings is 1. The molecular weight excluding hydrogens is 376 g/mol. The van der Waals surface area contributed by atoms with Gasteiger partial charge in [-0.1, -0.05) is 27.7 Å². The van der Waals surface area contributed by atoms with Crippen molar-refractivity contribution < 1.29 is 5.11 Å². The lowest BCUT2D eigenvalue weighted by Crippen LogP contribution is -2.46. The molecule has 1 aromatic heterocycles. The normalized spacial score (nSPS) is 20.5. The fourth-order valence-electron chi connectivity index (χ4n) is 4.55. The Morgan fingerprint density at radius 3 is 2.47 bits per heavy atom. The van der Waals surface area contributed by atoms with Gasteiger partial charge in [-0.25, -0.2) is 4.98 Å². The first-order valence-corrected chi connectivity index (χ1v) is 11.1. The lowest BCUT2D eigenvalue weighted by Gasteiger charge is -2.34. The van der Waals surface area contributed by atoms with E-state index in [0.717, 1.165) is 56.1 Å². The third kappa shape index (κ3) is 3.72. The number of anilines is 4. The highest BCUT2D eigenvalue weighted by molar-refractivity contribution is 5.64. The minimum absolute atomic E-state index is 0.251. The summed E-state index contributed by atoms with van der Waals surface area (Å²) in [4.78, 5) is 13.9. The van der Waals surface area contributed by atoms with Crippen LogP contribution in [-0.4, -0.2) is 53.5 Å². The van der Waals surface area contributed by atoms with Gasteiger partial charge < -0.3 is 25.5 Å². The minimum atomic E-state index is -0.597. The predicted octanol–water partition coefficient (Wildman–Crippen LogP) is 3.23. The first kappa shape index (κ1) is 20.9. The van der Waals surface area contributed by atoms with Crippen molar-refractivity contribution in [3.8, 4) is 0 Å². The van der Waals surface area contributed by atoms with Gasteiger partial charge in [0.1, 0.15) is 12.0 Å². The maximum atomic E-state index is 11.0. The van der Waals surface area contributed by atoms with Crippen molar-refractivity contribution in [3.63, 3.8) is 0 Å². The van der Waals surface area contributed by atoms with Crippen LogP contribution in [0.1, 0.15) is 46.1 Å². The first-order chi connectivity index (χ1) is 14.5. The van der Waals surface area contributed by atoms with Crippen LogP contribution in [-0.2, 0) is 5.41 Å². The number of piperazine rings is 1. The van der Waals surface area contributed by atoms with Crippen LogP contribution < -0.4 is 20.4 Å². The number of fused-ring (bicyclic) bond motifs is 1. The molecule has 162 valence electrons. The Morgan fingerprint density at radius 2 is 1.83 bits per heavy atom. The molecule has 1 atom stereocenters. The average molecular weight is 411 g/mol. The molecule has 1 aromatic carbocycles. The maximum absolute atomic E-state index is 11.0. The topological polar surface area (TPSA) is 76.6 Å². The van der Waals surface area contributed by atoms with Gasteiger partial charge in [-0.05, 0) is 37.1 Å². The van der Waals surface area contributed by atoms with E-state index in [-0.39, 0.29) is 6.04 Å². The molecule has 1 fully saturated rings. The van der Waals surface area contributed by atoms with Gasteiger partial charge in [0, 0.05) is 60.8 Å². The molecule has 3 heterocycles. The molecule has 7 heteroatoms. The standard InChI is InChI=1S/C23H34N6O/c1-5-17(6-2)29-20-19(23(3,4)21(29)30)15-25-22(27-20)26-16-7-9-18(10-8-16)28-13-11-24-12-14-28/h7-10,15,17,21,24,30H,5-6,11-14H2,1-4H3,(H,25,26,27). The van der Waals surface area contributed by atoms with Gasteiger partial charge in [0.2, 0.25) is 5.95 Å². The zero-order valence-corrected chi connectivity index (χ0v) is 18.5. The van der Waals surface area contributed by atoms with E-state index in [1.165, 1.54) is 5.69 Å². The van der Waals surface area contributed by atoms with Crippen LogP contribution in [0.25, 0.3) is 0 Å². The van der Waals surface area contributed by atoms with Crippen LogP contribution in [0, 0.1) is 0 Å². The van der Waals surface area contributed by atoms with E-state index in [9.17, 15) is 5.11 Å². The van der Waals surface area contributed by atoms with E-state index in [2.05, 4.69) is 77.4 Å².